The molecule has 0 spiro atoms. The Kier molecular flexibility index (Phi) is 4.10. The molecule has 1 aromatic heterocycles. The molecular weight excluding hydrogens is 264 g/mol. The Morgan fingerprint density at radius 2 is 2.26 bits per heavy atom. The van der Waals surface area contributed by atoms with Crippen molar-refractivity contribution in [3.8, 4) is 17.4 Å². The monoisotopic (exact) mass is 276 g/mol. The van der Waals surface area contributed by atoms with Crippen LogP contribution in [0, 0.1) is 11.3 Å². The molecule has 0 bridgehead atoms. The molecule has 0 N–H and O–H groups in total. The molecule has 2 unspecified atom stereocenters. The molecule has 0 amide bonds. The van der Waals surface area contributed by atoms with E-state index in [4.69, 9.17) is 14.0 Å². The molecule has 0 radical (unpaired) electrons. The Hall–Kier alpha value is -1.97. The quantitative estimate of drug-likeness (QED) is 0.857. The second kappa shape index (κ2) is 5.78. The first-order chi connectivity index (χ1) is 9.10. The molecular formula is C13H12N2O3S. The molecule has 1 heterocycles. The Morgan fingerprint density at radius 1 is 1.47 bits per heavy atom. The van der Waals surface area contributed by atoms with Crippen molar-refractivity contribution in [1.29, 1.82) is 5.26 Å². The largest absolute Gasteiger partial charge is 0.356 e. The van der Waals surface area contributed by atoms with E-state index >= 15 is 0 Å². The van der Waals surface area contributed by atoms with E-state index in [9.17, 15) is 4.21 Å². The van der Waals surface area contributed by atoms with Gasteiger partial charge < -0.3 is 4.52 Å². The van der Waals surface area contributed by atoms with Crippen LogP contribution in [0.4, 0.5) is 0 Å². The van der Waals surface area contributed by atoms with Crippen LogP contribution in [0.15, 0.2) is 34.9 Å². The maximum atomic E-state index is 11.0. The predicted molar refractivity (Wildman–Crippen MR) is 70.2 cm³/mol. The molecule has 2 atom stereocenters. The highest BCUT2D eigenvalue weighted by Gasteiger charge is 2.15. The summed E-state index contributed by atoms with van der Waals surface area (Å²) in [7, 11) is 0. The van der Waals surface area contributed by atoms with Crippen molar-refractivity contribution < 1.29 is 12.9 Å². The summed E-state index contributed by atoms with van der Waals surface area (Å²) in [5, 5.41) is 12.7. The first-order valence-electron chi connectivity index (χ1n) is 5.58. The van der Waals surface area contributed by atoms with Crippen molar-refractivity contribution in [3.05, 3.63) is 41.6 Å². The van der Waals surface area contributed by atoms with E-state index in [0.29, 0.717) is 17.0 Å². The van der Waals surface area contributed by atoms with Crippen molar-refractivity contribution in [2.45, 2.75) is 13.0 Å². The first kappa shape index (κ1) is 13.5. The SMILES string of the molecule is CC(OS(C)=O)c1cc(-c2cccc(C#N)c2)on1. The van der Waals surface area contributed by atoms with Crippen LogP contribution in [0.2, 0.25) is 0 Å². The van der Waals surface area contributed by atoms with Crippen LogP contribution in [-0.4, -0.2) is 15.6 Å². The average Bonchev–Trinajstić information content (AvgIpc) is 2.88. The van der Waals surface area contributed by atoms with Crippen molar-refractivity contribution in [2.75, 3.05) is 6.26 Å². The van der Waals surface area contributed by atoms with Crippen LogP contribution in [0.25, 0.3) is 11.3 Å². The zero-order valence-corrected chi connectivity index (χ0v) is 11.3. The zero-order chi connectivity index (χ0) is 13.8. The van der Waals surface area contributed by atoms with E-state index in [1.54, 1.807) is 31.2 Å². The van der Waals surface area contributed by atoms with E-state index in [1.165, 1.54) is 6.26 Å². The topological polar surface area (TPSA) is 76.1 Å². The van der Waals surface area contributed by atoms with Crippen LogP contribution in [0.1, 0.15) is 24.3 Å². The van der Waals surface area contributed by atoms with Gasteiger partial charge in [-0.3, -0.25) is 4.18 Å². The van der Waals surface area contributed by atoms with Gasteiger partial charge >= 0.3 is 0 Å². The summed E-state index contributed by atoms with van der Waals surface area (Å²) < 4.78 is 21.3. The molecule has 2 aromatic rings. The van der Waals surface area contributed by atoms with Crippen molar-refractivity contribution >= 4 is 11.1 Å². The van der Waals surface area contributed by atoms with Crippen molar-refractivity contribution in [1.82, 2.24) is 5.16 Å². The van der Waals surface area contributed by atoms with Gasteiger partial charge in [0.2, 0.25) is 0 Å². The molecule has 0 aliphatic heterocycles. The minimum atomic E-state index is -1.36. The molecule has 5 nitrogen and oxygen atoms in total. The van der Waals surface area contributed by atoms with Gasteiger partial charge in [-0.1, -0.05) is 17.3 Å². The maximum absolute atomic E-state index is 11.0. The third-order valence-electron chi connectivity index (χ3n) is 2.50. The van der Waals surface area contributed by atoms with Gasteiger partial charge in [-0.05, 0) is 19.1 Å². The second-order valence-corrected chi connectivity index (χ2v) is 4.94. The summed E-state index contributed by atoms with van der Waals surface area (Å²) in [5.41, 5.74) is 1.88. The van der Waals surface area contributed by atoms with Gasteiger partial charge in [-0.2, -0.15) is 5.26 Å². The van der Waals surface area contributed by atoms with Gasteiger partial charge in [-0.25, -0.2) is 4.21 Å². The minimum absolute atomic E-state index is 0.414. The van der Waals surface area contributed by atoms with Crippen LogP contribution in [0.5, 0.6) is 0 Å². The summed E-state index contributed by atoms with van der Waals surface area (Å²) in [6.45, 7) is 1.74. The number of nitriles is 1. The van der Waals surface area contributed by atoms with Crippen molar-refractivity contribution in [3.63, 3.8) is 0 Å². The zero-order valence-electron chi connectivity index (χ0n) is 10.5. The lowest BCUT2D eigenvalue weighted by atomic mass is 10.1. The Bertz CT molecular complexity index is 645. The number of aromatic nitrogens is 1. The highest BCUT2D eigenvalue weighted by Crippen LogP contribution is 2.25. The second-order valence-electron chi connectivity index (χ2n) is 3.95. The Labute approximate surface area is 113 Å². The van der Waals surface area contributed by atoms with E-state index < -0.39 is 17.2 Å². The summed E-state index contributed by atoms with van der Waals surface area (Å²) >= 11 is -1.36. The summed E-state index contributed by atoms with van der Waals surface area (Å²) in [4.78, 5) is 0. The van der Waals surface area contributed by atoms with E-state index in [2.05, 4.69) is 11.2 Å². The van der Waals surface area contributed by atoms with Gasteiger partial charge in [0.15, 0.2) is 16.8 Å². The fourth-order valence-corrected chi connectivity index (χ4v) is 2.12. The van der Waals surface area contributed by atoms with E-state index in [1.807, 2.05) is 6.07 Å². The molecule has 0 aliphatic carbocycles. The van der Waals surface area contributed by atoms with Crippen LogP contribution in [0.3, 0.4) is 0 Å². The number of rotatable bonds is 4. The van der Waals surface area contributed by atoms with E-state index in [-0.39, 0.29) is 0 Å². The lowest BCUT2D eigenvalue weighted by molar-refractivity contribution is 0.241. The first-order valence-corrected chi connectivity index (χ1v) is 7.06. The summed E-state index contributed by atoms with van der Waals surface area (Å²) in [6.07, 6.45) is 1.04. The lowest BCUT2D eigenvalue weighted by Gasteiger charge is -2.04. The van der Waals surface area contributed by atoms with Crippen LogP contribution < -0.4 is 0 Å². The summed E-state index contributed by atoms with van der Waals surface area (Å²) in [5.74, 6) is 0.546. The Morgan fingerprint density at radius 3 is 2.95 bits per heavy atom. The summed E-state index contributed by atoms with van der Waals surface area (Å²) in [6, 6.07) is 10.8. The maximum Gasteiger partial charge on any atom is 0.167 e. The minimum Gasteiger partial charge on any atom is -0.356 e. The third kappa shape index (κ3) is 3.28. The van der Waals surface area contributed by atoms with E-state index in [0.717, 1.165) is 5.56 Å². The molecule has 6 heteroatoms. The predicted octanol–water partition coefficient (Wildman–Crippen LogP) is 2.58. The smallest absolute Gasteiger partial charge is 0.167 e. The third-order valence-corrected chi connectivity index (χ3v) is 3.06. The molecule has 2 rings (SSSR count). The fraction of sp³-hybridized carbons (Fsp3) is 0.231. The lowest BCUT2D eigenvalue weighted by Crippen LogP contribution is -2.01. The van der Waals surface area contributed by atoms with Gasteiger partial charge in [-0.15, -0.1) is 0 Å². The average molecular weight is 276 g/mol. The molecule has 0 aliphatic rings. The highest BCUT2D eigenvalue weighted by atomic mass is 32.2. The van der Waals surface area contributed by atoms with Gasteiger partial charge in [0, 0.05) is 17.9 Å². The van der Waals surface area contributed by atoms with Crippen molar-refractivity contribution in [2.24, 2.45) is 0 Å². The molecule has 0 fully saturated rings. The van der Waals surface area contributed by atoms with Gasteiger partial charge in [0.05, 0.1) is 11.6 Å². The van der Waals surface area contributed by atoms with Crippen LogP contribution >= 0.6 is 0 Å². The Balaban J connectivity index is 2.25. The highest BCUT2D eigenvalue weighted by molar-refractivity contribution is 7.79. The number of hydrogen-bond donors (Lipinski definition) is 0. The standard InChI is InChI=1S/C13H12N2O3S/c1-9(18-19(2)16)12-7-13(17-15-12)11-5-3-4-10(6-11)8-14/h3-7,9H,1-2H3. The normalized spacial score (nSPS) is 13.7. The van der Waals surface area contributed by atoms with Gasteiger partial charge in [0.25, 0.3) is 0 Å². The molecule has 1 aromatic carbocycles. The number of benzene rings is 1. The van der Waals surface area contributed by atoms with Crippen LogP contribution in [-0.2, 0) is 15.3 Å². The number of nitrogens with zero attached hydrogens (tertiary/aromatic N) is 2. The number of hydrogen-bond acceptors (Lipinski definition) is 5. The molecule has 98 valence electrons. The molecule has 19 heavy (non-hydrogen) atoms. The molecule has 0 saturated heterocycles. The van der Waals surface area contributed by atoms with Gasteiger partial charge in [0.1, 0.15) is 11.8 Å². The fourth-order valence-electron chi connectivity index (χ4n) is 1.61. The molecule has 0 saturated carbocycles.